The predicted molar refractivity (Wildman–Crippen MR) is 48.6 cm³/mol. The third-order valence-electron chi connectivity index (χ3n) is 1.61. The second kappa shape index (κ2) is 3.66. The Bertz CT molecular complexity index is 368. The van der Waals surface area contributed by atoms with Crippen molar-refractivity contribution >= 4 is 11.3 Å². The molecule has 4 nitrogen and oxygen atoms in total. The summed E-state index contributed by atoms with van der Waals surface area (Å²) >= 11 is 1.65. The average Bonchev–Trinajstić information content (AvgIpc) is 2.71. The zero-order valence-electron chi connectivity index (χ0n) is 7.23. The maximum Gasteiger partial charge on any atom is 0.227 e. The standard InChI is InChI=1S/C8H9N3OS/c1-6-10-7(12-11-6)2-3-8-9-4-5-13-8/h4-5H,2-3H2,1H3. The first-order valence-corrected chi connectivity index (χ1v) is 4.90. The minimum atomic E-state index is 0.688. The summed E-state index contributed by atoms with van der Waals surface area (Å²) in [5, 5.41) is 6.79. The van der Waals surface area contributed by atoms with Crippen molar-refractivity contribution in [2.75, 3.05) is 0 Å². The highest BCUT2D eigenvalue weighted by Gasteiger charge is 2.03. The van der Waals surface area contributed by atoms with Gasteiger partial charge in [-0.15, -0.1) is 11.3 Å². The van der Waals surface area contributed by atoms with E-state index in [0.717, 1.165) is 17.8 Å². The number of nitrogens with zero attached hydrogens (tertiary/aromatic N) is 3. The zero-order chi connectivity index (χ0) is 9.10. The molecule has 68 valence electrons. The van der Waals surface area contributed by atoms with Crippen LogP contribution in [0.15, 0.2) is 16.1 Å². The van der Waals surface area contributed by atoms with Crippen LogP contribution in [0.5, 0.6) is 0 Å². The van der Waals surface area contributed by atoms with Crippen LogP contribution in [-0.2, 0) is 12.8 Å². The normalized spacial score (nSPS) is 10.5. The molecule has 0 bridgehead atoms. The molecule has 0 aliphatic heterocycles. The van der Waals surface area contributed by atoms with Gasteiger partial charge in [0.1, 0.15) is 0 Å². The fraction of sp³-hybridized carbons (Fsp3) is 0.375. The van der Waals surface area contributed by atoms with Crippen LogP contribution in [0.1, 0.15) is 16.7 Å². The van der Waals surface area contributed by atoms with E-state index in [1.54, 1.807) is 17.5 Å². The highest BCUT2D eigenvalue weighted by Crippen LogP contribution is 2.08. The average molecular weight is 195 g/mol. The summed E-state index contributed by atoms with van der Waals surface area (Å²) in [4.78, 5) is 8.28. The number of aromatic nitrogens is 3. The molecule has 0 aliphatic rings. The van der Waals surface area contributed by atoms with Gasteiger partial charge in [0.2, 0.25) is 5.89 Å². The highest BCUT2D eigenvalue weighted by atomic mass is 32.1. The molecule has 0 atom stereocenters. The van der Waals surface area contributed by atoms with E-state index in [4.69, 9.17) is 4.52 Å². The topological polar surface area (TPSA) is 51.8 Å². The van der Waals surface area contributed by atoms with Gasteiger partial charge < -0.3 is 4.52 Å². The summed E-state index contributed by atoms with van der Waals surface area (Å²) in [6.07, 6.45) is 3.45. The van der Waals surface area contributed by atoms with Crippen molar-refractivity contribution in [1.82, 2.24) is 15.1 Å². The molecular weight excluding hydrogens is 186 g/mol. The fourth-order valence-corrected chi connectivity index (χ4v) is 1.65. The van der Waals surface area contributed by atoms with E-state index in [1.165, 1.54) is 0 Å². The molecule has 0 aromatic carbocycles. The summed E-state index contributed by atoms with van der Waals surface area (Å²) < 4.78 is 4.98. The van der Waals surface area contributed by atoms with Crippen molar-refractivity contribution in [2.24, 2.45) is 0 Å². The van der Waals surface area contributed by atoms with E-state index in [0.29, 0.717) is 11.7 Å². The summed E-state index contributed by atoms with van der Waals surface area (Å²) in [7, 11) is 0. The van der Waals surface area contributed by atoms with Crippen molar-refractivity contribution < 1.29 is 4.52 Å². The van der Waals surface area contributed by atoms with Crippen molar-refractivity contribution in [3.63, 3.8) is 0 Å². The van der Waals surface area contributed by atoms with Gasteiger partial charge in [-0.2, -0.15) is 4.98 Å². The molecule has 0 N–H and O–H groups in total. The van der Waals surface area contributed by atoms with Crippen LogP contribution in [0.25, 0.3) is 0 Å². The number of aryl methyl sites for hydroxylation is 3. The van der Waals surface area contributed by atoms with E-state index in [2.05, 4.69) is 15.1 Å². The summed E-state index contributed by atoms with van der Waals surface area (Å²) in [5.74, 6) is 1.38. The third-order valence-corrected chi connectivity index (χ3v) is 2.45. The van der Waals surface area contributed by atoms with Gasteiger partial charge in [-0.1, -0.05) is 5.16 Å². The second-order valence-corrected chi connectivity index (χ2v) is 3.64. The molecule has 0 amide bonds. The van der Waals surface area contributed by atoms with Gasteiger partial charge in [0.15, 0.2) is 5.82 Å². The lowest BCUT2D eigenvalue weighted by molar-refractivity contribution is 0.374. The molecule has 0 fully saturated rings. The molecule has 13 heavy (non-hydrogen) atoms. The Balaban J connectivity index is 1.93. The van der Waals surface area contributed by atoms with Crippen molar-refractivity contribution in [1.29, 1.82) is 0 Å². The fourth-order valence-electron chi connectivity index (χ4n) is 1.03. The van der Waals surface area contributed by atoms with Crippen LogP contribution in [0.3, 0.4) is 0 Å². The van der Waals surface area contributed by atoms with Crippen LogP contribution in [-0.4, -0.2) is 15.1 Å². The smallest absolute Gasteiger partial charge is 0.227 e. The lowest BCUT2D eigenvalue weighted by Gasteiger charge is -1.89. The highest BCUT2D eigenvalue weighted by molar-refractivity contribution is 7.09. The van der Waals surface area contributed by atoms with Crippen LogP contribution < -0.4 is 0 Å². The molecule has 0 radical (unpaired) electrons. The molecule has 0 aliphatic carbocycles. The maximum absolute atomic E-state index is 4.98. The van der Waals surface area contributed by atoms with Gasteiger partial charge in [-0.05, 0) is 6.92 Å². The first-order valence-electron chi connectivity index (χ1n) is 4.02. The molecule has 2 aromatic rings. The van der Waals surface area contributed by atoms with Crippen molar-refractivity contribution in [2.45, 2.75) is 19.8 Å². The Labute approximate surface area is 79.6 Å². The van der Waals surface area contributed by atoms with E-state index < -0.39 is 0 Å². The van der Waals surface area contributed by atoms with Gasteiger partial charge >= 0.3 is 0 Å². The van der Waals surface area contributed by atoms with Gasteiger partial charge in [0.05, 0.1) is 5.01 Å². The lowest BCUT2D eigenvalue weighted by Crippen LogP contribution is -1.90. The second-order valence-electron chi connectivity index (χ2n) is 2.66. The number of rotatable bonds is 3. The minimum absolute atomic E-state index is 0.688. The molecule has 2 heterocycles. The lowest BCUT2D eigenvalue weighted by atomic mass is 10.3. The van der Waals surface area contributed by atoms with E-state index >= 15 is 0 Å². The van der Waals surface area contributed by atoms with Crippen LogP contribution in [0.2, 0.25) is 0 Å². The maximum atomic E-state index is 4.98. The summed E-state index contributed by atoms with van der Waals surface area (Å²) in [5.41, 5.74) is 0. The van der Waals surface area contributed by atoms with E-state index in [-0.39, 0.29) is 0 Å². The molecule has 0 unspecified atom stereocenters. The monoisotopic (exact) mass is 195 g/mol. The van der Waals surface area contributed by atoms with Crippen molar-refractivity contribution in [3.8, 4) is 0 Å². The predicted octanol–water partition coefficient (Wildman–Crippen LogP) is 1.62. The van der Waals surface area contributed by atoms with Crippen molar-refractivity contribution in [3.05, 3.63) is 28.3 Å². The Morgan fingerprint density at radius 1 is 1.46 bits per heavy atom. The SMILES string of the molecule is Cc1noc(CCc2nccs2)n1. The largest absolute Gasteiger partial charge is 0.339 e. The van der Waals surface area contributed by atoms with Gasteiger partial charge in [0.25, 0.3) is 0 Å². The van der Waals surface area contributed by atoms with Crippen LogP contribution >= 0.6 is 11.3 Å². The molecule has 2 rings (SSSR count). The van der Waals surface area contributed by atoms with Crippen LogP contribution in [0, 0.1) is 6.92 Å². The van der Waals surface area contributed by atoms with Gasteiger partial charge in [-0.25, -0.2) is 4.98 Å². The molecule has 5 heteroatoms. The number of hydrogen-bond donors (Lipinski definition) is 0. The molecule has 0 saturated heterocycles. The Hall–Kier alpha value is -1.23. The van der Waals surface area contributed by atoms with E-state index in [1.807, 2.05) is 12.3 Å². The Morgan fingerprint density at radius 3 is 3.00 bits per heavy atom. The molecule has 2 aromatic heterocycles. The molecule has 0 saturated carbocycles. The first kappa shape index (κ1) is 8.37. The Kier molecular flexibility index (Phi) is 2.35. The first-order chi connectivity index (χ1) is 6.34. The minimum Gasteiger partial charge on any atom is -0.339 e. The number of thiazole rings is 1. The quantitative estimate of drug-likeness (QED) is 0.746. The summed E-state index contributed by atoms with van der Waals surface area (Å²) in [6.45, 7) is 1.82. The molecule has 0 spiro atoms. The third kappa shape index (κ3) is 2.12. The zero-order valence-corrected chi connectivity index (χ0v) is 8.04. The van der Waals surface area contributed by atoms with Gasteiger partial charge in [0, 0.05) is 24.4 Å². The molecular formula is C8H9N3OS. The summed E-state index contributed by atoms with van der Waals surface area (Å²) in [6, 6.07) is 0. The Morgan fingerprint density at radius 2 is 2.38 bits per heavy atom. The van der Waals surface area contributed by atoms with Gasteiger partial charge in [-0.3, -0.25) is 0 Å². The van der Waals surface area contributed by atoms with E-state index in [9.17, 15) is 0 Å². The number of hydrogen-bond acceptors (Lipinski definition) is 5. The van der Waals surface area contributed by atoms with Crippen LogP contribution in [0.4, 0.5) is 0 Å².